The predicted octanol–water partition coefficient (Wildman–Crippen LogP) is 1.28. The number of rotatable bonds is 2. The van der Waals surface area contributed by atoms with Gasteiger partial charge in [0.15, 0.2) is 0 Å². The maximum absolute atomic E-state index is 10.3. The van der Waals surface area contributed by atoms with E-state index in [1.165, 1.54) is 0 Å². The molecule has 2 aliphatic carbocycles. The zero-order valence-electron chi connectivity index (χ0n) is 8.06. The molecule has 0 aromatic heterocycles. The van der Waals surface area contributed by atoms with Crippen molar-refractivity contribution in [2.24, 2.45) is 16.6 Å². The molecule has 0 heterocycles. The summed E-state index contributed by atoms with van der Waals surface area (Å²) < 4.78 is 0. The van der Waals surface area contributed by atoms with Gasteiger partial charge in [-0.05, 0) is 31.1 Å². The molecule has 2 nitrogen and oxygen atoms in total. The first kappa shape index (κ1) is 8.52. The molecule has 0 aromatic carbocycles. The van der Waals surface area contributed by atoms with Gasteiger partial charge in [0.05, 0.1) is 5.60 Å². The fraction of sp³-hybridized carbons (Fsp3) is 1.00. The van der Waals surface area contributed by atoms with Gasteiger partial charge in [-0.15, -0.1) is 0 Å². The average molecular weight is 169 g/mol. The van der Waals surface area contributed by atoms with Crippen LogP contribution in [0, 0.1) is 10.8 Å². The topological polar surface area (TPSA) is 46.2 Å². The summed E-state index contributed by atoms with van der Waals surface area (Å²) in [5.74, 6) is 0. The van der Waals surface area contributed by atoms with Crippen molar-refractivity contribution in [3.05, 3.63) is 0 Å². The lowest BCUT2D eigenvalue weighted by Gasteiger charge is -2.54. The van der Waals surface area contributed by atoms with Gasteiger partial charge in [0, 0.05) is 12.0 Å². The maximum Gasteiger partial charge on any atom is 0.0726 e. The summed E-state index contributed by atoms with van der Waals surface area (Å²) in [5, 5.41) is 10.3. The fourth-order valence-electron chi connectivity index (χ4n) is 2.92. The highest BCUT2D eigenvalue weighted by atomic mass is 16.3. The van der Waals surface area contributed by atoms with Crippen LogP contribution in [-0.2, 0) is 0 Å². The Bertz CT molecular complexity index is 198. The molecule has 0 spiro atoms. The van der Waals surface area contributed by atoms with Crippen LogP contribution in [0.4, 0.5) is 0 Å². The van der Waals surface area contributed by atoms with Gasteiger partial charge in [-0.25, -0.2) is 0 Å². The molecule has 0 amide bonds. The van der Waals surface area contributed by atoms with E-state index in [1.54, 1.807) is 0 Å². The molecule has 2 heteroatoms. The standard InChI is InChI=1S/C10H19NO/c1-8(2)5-10(12,6-8)9(7-11)3-4-9/h12H,3-7,11H2,1-2H3. The van der Waals surface area contributed by atoms with E-state index in [2.05, 4.69) is 13.8 Å². The Kier molecular flexibility index (Phi) is 1.45. The van der Waals surface area contributed by atoms with Crippen LogP contribution in [0.3, 0.4) is 0 Å². The highest BCUT2D eigenvalue weighted by molar-refractivity contribution is 5.16. The van der Waals surface area contributed by atoms with Crippen molar-refractivity contribution in [3.63, 3.8) is 0 Å². The van der Waals surface area contributed by atoms with E-state index in [9.17, 15) is 5.11 Å². The Hall–Kier alpha value is -0.0800. The molecule has 12 heavy (non-hydrogen) atoms. The van der Waals surface area contributed by atoms with Crippen LogP contribution < -0.4 is 5.73 Å². The van der Waals surface area contributed by atoms with Gasteiger partial charge in [-0.1, -0.05) is 13.8 Å². The van der Waals surface area contributed by atoms with Gasteiger partial charge in [0.25, 0.3) is 0 Å². The summed E-state index contributed by atoms with van der Waals surface area (Å²) in [6, 6.07) is 0. The molecule has 2 aliphatic rings. The zero-order valence-corrected chi connectivity index (χ0v) is 8.06. The van der Waals surface area contributed by atoms with Crippen LogP contribution in [-0.4, -0.2) is 17.3 Å². The van der Waals surface area contributed by atoms with Gasteiger partial charge < -0.3 is 10.8 Å². The van der Waals surface area contributed by atoms with Crippen molar-refractivity contribution in [1.29, 1.82) is 0 Å². The first-order chi connectivity index (χ1) is 5.43. The summed E-state index contributed by atoms with van der Waals surface area (Å²) in [5.41, 5.74) is 5.74. The third-order valence-corrected chi connectivity index (χ3v) is 3.77. The molecule has 0 radical (unpaired) electrons. The smallest absolute Gasteiger partial charge is 0.0726 e. The third-order valence-electron chi connectivity index (χ3n) is 3.77. The van der Waals surface area contributed by atoms with Crippen molar-refractivity contribution in [3.8, 4) is 0 Å². The number of hydrogen-bond acceptors (Lipinski definition) is 2. The van der Waals surface area contributed by atoms with Crippen LogP contribution in [0.15, 0.2) is 0 Å². The summed E-state index contributed by atoms with van der Waals surface area (Å²) in [6.07, 6.45) is 4.15. The van der Waals surface area contributed by atoms with Crippen molar-refractivity contribution >= 4 is 0 Å². The first-order valence-corrected chi connectivity index (χ1v) is 4.86. The second kappa shape index (κ2) is 2.05. The molecule has 0 aliphatic heterocycles. The Morgan fingerprint density at radius 1 is 1.25 bits per heavy atom. The lowest BCUT2D eigenvalue weighted by atomic mass is 9.55. The second-order valence-corrected chi connectivity index (χ2v) is 5.53. The van der Waals surface area contributed by atoms with Crippen LogP contribution in [0.2, 0.25) is 0 Å². The molecule has 2 fully saturated rings. The van der Waals surface area contributed by atoms with E-state index in [0.717, 1.165) is 25.7 Å². The molecule has 0 atom stereocenters. The van der Waals surface area contributed by atoms with Crippen molar-refractivity contribution < 1.29 is 5.11 Å². The second-order valence-electron chi connectivity index (χ2n) is 5.53. The Labute approximate surface area is 74.1 Å². The van der Waals surface area contributed by atoms with Gasteiger partial charge in [-0.3, -0.25) is 0 Å². The minimum absolute atomic E-state index is 0.114. The SMILES string of the molecule is CC1(C)CC(O)(C2(CN)CC2)C1. The molecular weight excluding hydrogens is 150 g/mol. The van der Waals surface area contributed by atoms with Gasteiger partial charge in [-0.2, -0.15) is 0 Å². The van der Waals surface area contributed by atoms with E-state index < -0.39 is 5.60 Å². The molecule has 2 saturated carbocycles. The van der Waals surface area contributed by atoms with E-state index in [4.69, 9.17) is 5.73 Å². The number of nitrogens with two attached hydrogens (primary N) is 1. The molecule has 0 saturated heterocycles. The van der Waals surface area contributed by atoms with Crippen LogP contribution >= 0.6 is 0 Å². The molecule has 0 aromatic rings. The first-order valence-electron chi connectivity index (χ1n) is 4.86. The third kappa shape index (κ3) is 0.944. The van der Waals surface area contributed by atoms with Crippen LogP contribution in [0.25, 0.3) is 0 Å². The fourth-order valence-corrected chi connectivity index (χ4v) is 2.92. The molecule has 2 rings (SSSR count). The van der Waals surface area contributed by atoms with Crippen LogP contribution in [0.5, 0.6) is 0 Å². The number of hydrogen-bond donors (Lipinski definition) is 2. The summed E-state index contributed by atoms with van der Waals surface area (Å²) in [4.78, 5) is 0. The Balaban J connectivity index is 2.06. The summed E-state index contributed by atoms with van der Waals surface area (Å²) in [6.45, 7) is 5.10. The average Bonchev–Trinajstić information content (AvgIpc) is 2.61. The molecule has 3 N–H and O–H groups in total. The Morgan fingerprint density at radius 3 is 2.00 bits per heavy atom. The predicted molar refractivity (Wildman–Crippen MR) is 48.7 cm³/mol. The minimum Gasteiger partial charge on any atom is -0.389 e. The Morgan fingerprint density at radius 2 is 1.75 bits per heavy atom. The van der Waals surface area contributed by atoms with E-state index in [-0.39, 0.29) is 5.41 Å². The normalized spacial score (nSPS) is 34.0. The minimum atomic E-state index is -0.411. The van der Waals surface area contributed by atoms with Crippen molar-refractivity contribution in [2.75, 3.05) is 6.54 Å². The number of aliphatic hydroxyl groups is 1. The van der Waals surface area contributed by atoms with E-state index in [0.29, 0.717) is 12.0 Å². The van der Waals surface area contributed by atoms with E-state index in [1.807, 2.05) is 0 Å². The largest absolute Gasteiger partial charge is 0.389 e. The highest BCUT2D eigenvalue weighted by Gasteiger charge is 2.64. The van der Waals surface area contributed by atoms with Gasteiger partial charge in [0.1, 0.15) is 0 Å². The molecule has 0 unspecified atom stereocenters. The molecule has 0 bridgehead atoms. The molecular formula is C10H19NO. The highest BCUT2D eigenvalue weighted by Crippen LogP contribution is 2.65. The van der Waals surface area contributed by atoms with Crippen LogP contribution in [0.1, 0.15) is 39.5 Å². The summed E-state index contributed by atoms with van der Waals surface area (Å²) >= 11 is 0. The quantitative estimate of drug-likeness (QED) is 0.654. The van der Waals surface area contributed by atoms with Gasteiger partial charge >= 0.3 is 0 Å². The van der Waals surface area contributed by atoms with Gasteiger partial charge in [0.2, 0.25) is 0 Å². The van der Waals surface area contributed by atoms with Crippen molar-refractivity contribution in [2.45, 2.75) is 45.1 Å². The summed E-state index contributed by atoms with van der Waals surface area (Å²) in [7, 11) is 0. The monoisotopic (exact) mass is 169 g/mol. The lowest BCUT2D eigenvalue weighted by molar-refractivity contribution is -0.159. The van der Waals surface area contributed by atoms with Crippen molar-refractivity contribution in [1.82, 2.24) is 0 Å². The maximum atomic E-state index is 10.3. The lowest BCUT2D eigenvalue weighted by Crippen LogP contribution is -2.57. The zero-order chi connectivity index (χ0) is 9.04. The van der Waals surface area contributed by atoms with E-state index >= 15 is 0 Å². The molecule has 70 valence electrons.